The lowest BCUT2D eigenvalue weighted by molar-refractivity contribution is 0.111. The zero-order valence-corrected chi connectivity index (χ0v) is 15.6. The van der Waals surface area contributed by atoms with Crippen molar-refractivity contribution >= 4 is 28.3 Å². The Morgan fingerprint density at radius 3 is 2.92 bits per heavy atom. The van der Waals surface area contributed by atoms with Crippen molar-refractivity contribution < 1.29 is 9.53 Å². The Labute approximate surface area is 157 Å². The molecule has 2 amide bonds. The van der Waals surface area contributed by atoms with Crippen LogP contribution in [-0.2, 0) is 18.3 Å². The summed E-state index contributed by atoms with van der Waals surface area (Å²) in [6, 6.07) is 12.4. The van der Waals surface area contributed by atoms with E-state index in [1.54, 1.807) is 11.3 Å². The van der Waals surface area contributed by atoms with Gasteiger partial charge < -0.3 is 19.9 Å². The highest BCUT2D eigenvalue weighted by Gasteiger charge is 2.19. The molecular formula is C20H23N3O2S. The molecule has 3 aromatic rings. The van der Waals surface area contributed by atoms with Gasteiger partial charge in [0.1, 0.15) is 0 Å². The fourth-order valence-electron chi connectivity index (χ4n) is 3.62. The lowest BCUT2D eigenvalue weighted by Crippen LogP contribution is -2.39. The van der Waals surface area contributed by atoms with Crippen LogP contribution in [0.15, 0.2) is 41.8 Å². The highest BCUT2D eigenvalue weighted by molar-refractivity contribution is 7.13. The third-order valence-electron chi connectivity index (χ3n) is 4.91. The zero-order valence-electron chi connectivity index (χ0n) is 14.8. The number of ether oxygens (including phenoxy) is 1. The average molecular weight is 369 g/mol. The van der Waals surface area contributed by atoms with Gasteiger partial charge in [-0.2, -0.15) is 0 Å². The molecule has 4 rings (SSSR count). The van der Waals surface area contributed by atoms with Gasteiger partial charge in [-0.3, -0.25) is 0 Å². The first-order chi connectivity index (χ1) is 12.7. The maximum absolute atomic E-state index is 12.2. The first-order valence-corrected chi connectivity index (χ1v) is 9.85. The third kappa shape index (κ3) is 3.34. The molecule has 6 heteroatoms. The second kappa shape index (κ2) is 7.51. The van der Waals surface area contributed by atoms with E-state index >= 15 is 0 Å². The predicted molar refractivity (Wildman–Crippen MR) is 105 cm³/mol. The normalized spacial score (nSPS) is 16.9. The molecule has 0 aliphatic carbocycles. The SMILES string of the molecule is Cn1c(-c2cccs2)c(CNC(=O)NCC2CCCO2)c2ccccc21. The lowest BCUT2D eigenvalue weighted by Gasteiger charge is -2.12. The highest BCUT2D eigenvalue weighted by Crippen LogP contribution is 2.35. The highest BCUT2D eigenvalue weighted by atomic mass is 32.1. The largest absolute Gasteiger partial charge is 0.376 e. The summed E-state index contributed by atoms with van der Waals surface area (Å²) in [4.78, 5) is 13.4. The van der Waals surface area contributed by atoms with E-state index in [1.165, 1.54) is 21.5 Å². The van der Waals surface area contributed by atoms with Crippen molar-refractivity contribution in [1.82, 2.24) is 15.2 Å². The van der Waals surface area contributed by atoms with Crippen LogP contribution in [0.25, 0.3) is 21.5 Å². The molecule has 26 heavy (non-hydrogen) atoms. The number of nitrogens with zero attached hydrogens (tertiary/aromatic N) is 1. The fraction of sp³-hybridized carbons (Fsp3) is 0.350. The van der Waals surface area contributed by atoms with Gasteiger partial charge in [-0.15, -0.1) is 11.3 Å². The number of aromatic nitrogens is 1. The Morgan fingerprint density at radius 2 is 2.15 bits per heavy atom. The predicted octanol–water partition coefficient (Wildman–Crippen LogP) is 3.89. The molecule has 1 unspecified atom stereocenters. The van der Waals surface area contributed by atoms with E-state index in [2.05, 4.69) is 51.9 Å². The van der Waals surface area contributed by atoms with Crippen LogP contribution in [0, 0.1) is 0 Å². The van der Waals surface area contributed by atoms with E-state index < -0.39 is 0 Å². The number of hydrogen-bond acceptors (Lipinski definition) is 3. The van der Waals surface area contributed by atoms with Gasteiger partial charge >= 0.3 is 6.03 Å². The Morgan fingerprint density at radius 1 is 1.27 bits per heavy atom. The van der Waals surface area contributed by atoms with Gasteiger partial charge in [0.2, 0.25) is 0 Å². The molecule has 1 saturated heterocycles. The molecule has 5 nitrogen and oxygen atoms in total. The summed E-state index contributed by atoms with van der Waals surface area (Å²) in [5.74, 6) is 0. The van der Waals surface area contributed by atoms with Gasteiger partial charge in [-0.1, -0.05) is 24.3 Å². The van der Waals surface area contributed by atoms with Gasteiger partial charge in [-0.25, -0.2) is 4.79 Å². The number of amides is 2. The number of thiophene rings is 1. The average Bonchev–Trinajstić information content (AvgIpc) is 3.40. The molecule has 2 aromatic heterocycles. The molecule has 1 aromatic carbocycles. The Kier molecular flexibility index (Phi) is 4.95. The smallest absolute Gasteiger partial charge is 0.315 e. The number of benzene rings is 1. The maximum Gasteiger partial charge on any atom is 0.315 e. The summed E-state index contributed by atoms with van der Waals surface area (Å²) in [5.41, 5.74) is 3.49. The summed E-state index contributed by atoms with van der Waals surface area (Å²) >= 11 is 1.72. The van der Waals surface area contributed by atoms with Crippen LogP contribution in [-0.4, -0.2) is 29.9 Å². The topological polar surface area (TPSA) is 55.3 Å². The molecule has 1 aliphatic heterocycles. The van der Waals surface area contributed by atoms with Crippen LogP contribution in [0.1, 0.15) is 18.4 Å². The first kappa shape index (κ1) is 17.1. The van der Waals surface area contributed by atoms with E-state index in [9.17, 15) is 4.79 Å². The van der Waals surface area contributed by atoms with Gasteiger partial charge in [0, 0.05) is 43.2 Å². The van der Waals surface area contributed by atoms with Crippen LogP contribution in [0.2, 0.25) is 0 Å². The molecule has 3 heterocycles. The van der Waals surface area contributed by atoms with Crippen LogP contribution in [0.4, 0.5) is 4.79 Å². The molecule has 136 valence electrons. The molecule has 2 N–H and O–H groups in total. The number of fused-ring (bicyclic) bond motifs is 1. The molecule has 0 saturated carbocycles. The number of carbonyl (C=O) groups excluding carboxylic acids is 1. The minimum Gasteiger partial charge on any atom is -0.376 e. The second-order valence-electron chi connectivity index (χ2n) is 6.58. The summed E-state index contributed by atoms with van der Waals surface area (Å²) in [5, 5.41) is 9.20. The molecule has 0 radical (unpaired) electrons. The number of hydrogen-bond donors (Lipinski definition) is 2. The minimum atomic E-state index is -0.148. The number of nitrogens with one attached hydrogen (secondary N) is 2. The summed E-state index contributed by atoms with van der Waals surface area (Å²) in [6.07, 6.45) is 2.25. The van der Waals surface area contributed by atoms with Crippen molar-refractivity contribution in [1.29, 1.82) is 0 Å². The molecule has 1 aliphatic rings. The van der Waals surface area contributed by atoms with Gasteiger partial charge in [0.15, 0.2) is 0 Å². The van der Waals surface area contributed by atoms with Crippen molar-refractivity contribution in [2.75, 3.05) is 13.2 Å². The van der Waals surface area contributed by atoms with E-state index in [-0.39, 0.29) is 12.1 Å². The van der Waals surface area contributed by atoms with E-state index in [4.69, 9.17) is 4.74 Å². The number of aryl methyl sites for hydroxylation is 1. The lowest BCUT2D eigenvalue weighted by atomic mass is 10.1. The minimum absolute atomic E-state index is 0.148. The van der Waals surface area contributed by atoms with Gasteiger partial charge in [-0.05, 0) is 30.4 Å². The van der Waals surface area contributed by atoms with Crippen molar-refractivity contribution in [3.05, 3.63) is 47.3 Å². The maximum atomic E-state index is 12.2. The van der Waals surface area contributed by atoms with Crippen molar-refractivity contribution in [2.24, 2.45) is 7.05 Å². The van der Waals surface area contributed by atoms with Crippen LogP contribution in [0.3, 0.4) is 0 Å². The van der Waals surface area contributed by atoms with E-state index in [0.29, 0.717) is 13.1 Å². The Hall–Kier alpha value is -2.31. The number of urea groups is 1. The number of rotatable bonds is 5. The summed E-state index contributed by atoms with van der Waals surface area (Å²) in [7, 11) is 2.08. The molecule has 1 atom stereocenters. The van der Waals surface area contributed by atoms with Crippen LogP contribution in [0.5, 0.6) is 0 Å². The first-order valence-electron chi connectivity index (χ1n) is 8.97. The van der Waals surface area contributed by atoms with E-state index in [1.807, 2.05) is 12.1 Å². The van der Waals surface area contributed by atoms with Crippen molar-refractivity contribution in [3.63, 3.8) is 0 Å². The van der Waals surface area contributed by atoms with Gasteiger partial charge in [0.25, 0.3) is 0 Å². The molecular weight excluding hydrogens is 346 g/mol. The van der Waals surface area contributed by atoms with E-state index in [0.717, 1.165) is 25.0 Å². The quantitative estimate of drug-likeness (QED) is 0.717. The Bertz CT molecular complexity index is 895. The molecule has 1 fully saturated rings. The van der Waals surface area contributed by atoms with Crippen molar-refractivity contribution in [3.8, 4) is 10.6 Å². The summed E-state index contributed by atoms with van der Waals surface area (Å²) in [6.45, 7) is 1.86. The Balaban J connectivity index is 1.53. The number of carbonyl (C=O) groups is 1. The monoisotopic (exact) mass is 369 g/mol. The zero-order chi connectivity index (χ0) is 17.9. The van der Waals surface area contributed by atoms with Gasteiger partial charge in [0.05, 0.1) is 16.7 Å². The molecule has 0 spiro atoms. The second-order valence-corrected chi connectivity index (χ2v) is 7.53. The fourth-order valence-corrected chi connectivity index (χ4v) is 4.45. The van der Waals surface area contributed by atoms with Crippen LogP contribution < -0.4 is 10.6 Å². The summed E-state index contributed by atoms with van der Waals surface area (Å²) < 4.78 is 7.76. The standard InChI is InChI=1S/C20H23N3O2S/c1-23-17-8-3-2-7-15(17)16(19(23)18-9-5-11-26-18)13-22-20(24)21-12-14-6-4-10-25-14/h2-3,5,7-9,11,14H,4,6,10,12-13H2,1H3,(H2,21,22,24). The van der Waals surface area contributed by atoms with Crippen molar-refractivity contribution in [2.45, 2.75) is 25.5 Å². The van der Waals surface area contributed by atoms with Crippen LogP contribution >= 0.6 is 11.3 Å². The number of para-hydroxylation sites is 1. The molecule has 0 bridgehead atoms. The third-order valence-corrected chi connectivity index (χ3v) is 5.78.